The minimum Gasteiger partial charge on any atom is -0.400 e. The predicted octanol–water partition coefficient (Wildman–Crippen LogP) is 3.18. The van der Waals surface area contributed by atoms with Gasteiger partial charge in [0.25, 0.3) is 0 Å². The number of rotatable bonds is 5. The summed E-state index contributed by atoms with van der Waals surface area (Å²) in [4.78, 5) is 0. The van der Waals surface area contributed by atoms with Crippen molar-refractivity contribution in [2.24, 2.45) is 0 Å². The lowest BCUT2D eigenvalue weighted by Gasteiger charge is -2.32. The van der Waals surface area contributed by atoms with Gasteiger partial charge in [-0.3, -0.25) is 0 Å². The van der Waals surface area contributed by atoms with Crippen molar-refractivity contribution in [1.29, 1.82) is 0 Å². The first-order chi connectivity index (χ1) is 11.0. The van der Waals surface area contributed by atoms with Crippen LogP contribution >= 0.6 is 12.6 Å². The van der Waals surface area contributed by atoms with Crippen molar-refractivity contribution in [2.45, 2.75) is 44.6 Å². The van der Waals surface area contributed by atoms with E-state index >= 15 is 0 Å². The molecule has 0 unspecified atom stereocenters. The Kier molecular flexibility index (Phi) is 5.60. The number of hydrogen-bond donors (Lipinski definition) is 1. The fourth-order valence-electron chi connectivity index (χ4n) is 2.47. The SMILES string of the molecule is CC1(C)OB(C(=Cc2ccccc2CS(C)(=O)=O)CS)OC1(C)C. The van der Waals surface area contributed by atoms with E-state index in [0.29, 0.717) is 5.75 Å². The van der Waals surface area contributed by atoms with E-state index in [1.807, 2.05) is 58.0 Å². The summed E-state index contributed by atoms with van der Waals surface area (Å²) in [6.07, 6.45) is 3.16. The van der Waals surface area contributed by atoms with E-state index in [9.17, 15) is 8.42 Å². The van der Waals surface area contributed by atoms with Crippen LogP contribution in [-0.2, 0) is 24.9 Å². The zero-order valence-electron chi connectivity index (χ0n) is 14.9. The van der Waals surface area contributed by atoms with Gasteiger partial charge in [-0.15, -0.1) is 0 Å². The molecule has 24 heavy (non-hydrogen) atoms. The van der Waals surface area contributed by atoms with E-state index in [1.165, 1.54) is 6.26 Å². The molecule has 1 aromatic rings. The minimum atomic E-state index is -3.11. The standard InChI is InChI=1S/C17H25BO4S2/c1-16(2)17(3,4)22-18(21-16)15(11-23)10-13-8-6-7-9-14(13)12-24(5,19)20/h6-10,23H,11-12H2,1-5H3. The molecule has 0 bridgehead atoms. The molecule has 0 spiro atoms. The van der Waals surface area contributed by atoms with E-state index in [2.05, 4.69) is 12.6 Å². The Labute approximate surface area is 151 Å². The second kappa shape index (κ2) is 6.86. The van der Waals surface area contributed by atoms with Crippen molar-refractivity contribution in [3.8, 4) is 0 Å². The lowest BCUT2D eigenvalue weighted by atomic mass is 9.78. The second-order valence-corrected chi connectivity index (χ2v) is 9.69. The number of hydrogen-bond acceptors (Lipinski definition) is 5. The lowest BCUT2D eigenvalue weighted by molar-refractivity contribution is 0.00578. The largest absolute Gasteiger partial charge is 0.491 e. The molecular weight excluding hydrogens is 343 g/mol. The molecule has 0 aromatic heterocycles. The van der Waals surface area contributed by atoms with Gasteiger partial charge in [0.15, 0.2) is 9.84 Å². The van der Waals surface area contributed by atoms with Gasteiger partial charge in [0.2, 0.25) is 0 Å². The molecule has 0 aliphatic carbocycles. The Balaban J connectivity index is 2.36. The third kappa shape index (κ3) is 4.45. The Morgan fingerprint density at radius 3 is 2.21 bits per heavy atom. The minimum absolute atomic E-state index is 0.00287. The van der Waals surface area contributed by atoms with Gasteiger partial charge in [-0.2, -0.15) is 12.6 Å². The van der Waals surface area contributed by atoms with Crippen LogP contribution in [0.2, 0.25) is 0 Å². The average Bonchev–Trinajstić information content (AvgIpc) is 2.64. The van der Waals surface area contributed by atoms with Crippen LogP contribution in [0.3, 0.4) is 0 Å². The quantitative estimate of drug-likeness (QED) is 0.641. The van der Waals surface area contributed by atoms with Crippen LogP contribution in [0.25, 0.3) is 6.08 Å². The highest BCUT2D eigenvalue weighted by Gasteiger charge is 2.52. The van der Waals surface area contributed by atoms with Gasteiger partial charge in [0.05, 0.1) is 17.0 Å². The Morgan fingerprint density at radius 2 is 1.71 bits per heavy atom. The summed E-state index contributed by atoms with van der Waals surface area (Å²) in [7, 11) is -3.60. The normalized spacial score (nSPS) is 20.4. The molecule has 7 heteroatoms. The van der Waals surface area contributed by atoms with Gasteiger partial charge < -0.3 is 9.31 Å². The third-order valence-electron chi connectivity index (χ3n) is 4.55. The molecule has 1 heterocycles. The number of sulfone groups is 1. The van der Waals surface area contributed by atoms with E-state index in [-0.39, 0.29) is 5.75 Å². The molecule has 2 rings (SSSR count). The molecule has 1 aromatic carbocycles. The smallest absolute Gasteiger partial charge is 0.400 e. The van der Waals surface area contributed by atoms with Gasteiger partial charge in [-0.1, -0.05) is 30.3 Å². The molecule has 1 aliphatic heterocycles. The first-order valence-corrected chi connectivity index (χ1v) is 10.6. The highest BCUT2D eigenvalue weighted by molar-refractivity contribution is 7.89. The van der Waals surface area contributed by atoms with Crippen LogP contribution in [0.15, 0.2) is 29.7 Å². The van der Waals surface area contributed by atoms with E-state index in [4.69, 9.17) is 9.31 Å². The molecule has 0 radical (unpaired) electrons. The maximum Gasteiger partial charge on any atom is 0.491 e. The fraction of sp³-hybridized carbons (Fsp3) is 0.529. The molecule has 1 fully saturated rings. The van der Waals surface area contributed by atoms with Crippen LogP contribution in [0, 0.1) is 0 Å². The van der Waals surface area contributed by atoms with Gasteiger partial charge in [0, 0.05) is 12.0 Å². The maximum atomic E-state index is 11.6. The zero-order valence-corrected chi connectivity index (χ0v) is 16.6. The van der Waals surface area contributed by atoms with Crippen molar-refractivity contribution in [1.82, 2.24) is 0 Å². The zero-order chi connectivity index (χ0) is 18.2. The maximum absolute atomic E-state index is 11.6. The highest BCUT2D eigenvalue weighted by atomic mass is 32.2. The summed E-state index contributed by atoms with van der Waals surface area (Å²) < 4.78 is 35.4. The second-order valence-electron chi connectivity index (χ2n) is 7.23. The van der Waals surface area contributed by atoms with Crippen molar-refractivity contribution in [2.75, 3.05) is 12.0 Å². The molecule has 4 nitrogen and oxygen atoms in total. The van der Waals surface area contributed by atoms with Crippen molar-refractivity contribution in [3.05, 3.63) is 40.9 Å². The lowest BCUT2D eigenvalue weighted by Crippen LogP contribution is -2.41. The van der Waals surface area contributed by atoms with E-state index in [0.717, 1.165) is 16.6 Å². The molecule has 0 atom stereocenters. The summed E-state index contributed by atoms with van der Waals surface area (Å²) in [6.45, 7) is 8.00. The van der Waals surface area contributed by atoms with E-state index < -0.39 is 28.2 Å². The molecule has 0 saturated carbocycles. The monoisotopic (exact) mass is 368 g/mol. The fourth-order valence-corrected chi connectivity index (χ4v) is 3.54. The van der Waals surface area contributed by atoms with Gasteiger partial charge >= 0.3 is 7.12 Å². The number of thiol groups is 1. The molecular formula is C17H25BO4S2. The van der Waals surface area contributed by atoms with Gasteiger partial charge in [-0.25, -0.2) is 8.42 Å². The molecule has 1 aliphatic rings. The first-order valence-electron chi connectivity index (χ1n) is 7.88. The van der Waals surface area contributed by atoms with Crippen molar-refractivity contribution in [3.63, 3.8) is 0 Å². The number of benzene rings is 1. The van der Waals surface area contributed by atoms with Crippen LogP contribution < -0.4 is 0 Å². The van der Waals surface area contributed by atoms with E-state index in [1.54, 1.807) is 0 Å². The third-order valence-corrected chi connectivity index (χ3v) is 5.75. The summed E-state index contributed by atoms with van der Waals surface area (Å²) in [5.41, 5.74) is 1.63. The van der Waals surface area contributed by atoms with Crippen LogP contribution in [0.1, 0.15) is 38.8 Å². The predicted molar refractivity (Wildman–Crippen MR) is 103 cm³/mol. The molecule has 0 amide bonds. The summed E-state index contributed by atoms with van der Waals surface area (Å²) in [5, 5.41) is 0. The summed E-state index contributed by atoms with van der Waals surface area (Å²) in [5.74, 6) is 0.465. The topological polar surface area (TPSA) is 52.6 Å². The van der Waals surface area contributed by atoms with Crippen molar-refractivity contribution >= 4 is 35.7 Å². The summed E-state index contributed by atoms with van der Waals surface area (Å²) in [6, 6.07) is 7.45. The Hall–Kier alpha value is -0.755. The van der Waals surface area contributed by atoms with Crippen molar-refractivity contribution < 1.29 is 17.7 Å². The van der Waals surface area contributed by atoms with Gasteiger partial charge in [0.1, 0.15) is 0 Å². The van der Waals surface area contributed by atoms with Crippen LogP contribution in [0.5, 0.6) is 0 Å². The summed E-state index contributed by atoms with van der Waals surface area (Å²) >= 11 is 4.41. The van der Waals surface area contributed by atoms with Crippen LogP contribution in [0.4, 0.5) is 0 Å². The first kappa shape index (κ1) is 19.6. The molecule has 1 saturated heterocycles. The average molecular weight is 368 g/mol. The van der Waals surface area contributed by atoms with Gasteiger partial charge in [-0.05, 0) is 44.3 Å². The Morgan fingerprint density at radius 1 is 1.17 bits per heavy atom. The Bertz CT molecular complexity index is 723. The van der Waals surface area contributed by atoms with Crippen LogP contribution in [-0.4, -0.2) is 38.7 Å². The highest BCUT2D eigenvalue weighted by Crippen LogP contribution is 2.39. The molecule has 0 N–H and O–H groups in total. The molecule has 132 valence electrons.